The molecule has 2 unspecified atom stereocenters. The van der Waals surface area contributed by atoms with Crippen LogP contribution < -0.4 is 10.6 Å². The van der Waals surface area contributed by atoms with E-state index in [4.69, 9.17) is 9.84 Å². The van der Waals surface area contributed by atoms with E-state index in [9.17, 15) is 14.4 Å². The minimum atomic E-state index is -0.869. The summed E-state index contributed by atoms with van der Waals surface area (Å²) in [5, 5.41) is 14.2. The third-order valence-corrected chi connectivity index (χ3v) is 5.89. The van der Waals surface area contributed by atoms with E-state index in [-0.39, 0.29) is 37.2 Å². The van der Waals surface area contributed by atoms with Gasteiger partial charge < -0.3 is 20.5 Å². The average Bonchev–Trinajstić information content (AvgIpc) is 3.13. The standard InChI is InChI=1S/C27H30N2O5/c1-3-4-13-24(26(32)28-15-14-18(2)16-25(30)31)29-27(33)34-17-23-21-11-7-5-9-19(21)20-10-6-8-12-22(20)23/h5-12,18,23-24H,13-17H2,1-2H3,(H,28,32)(H,29,33)(H,30,31). The molecule has 0 saturated carbocycles. The molecule has 2 amide bonds. The highest BCUT2D eigenvalue weighted by Crippen LogP contribution is 2.44. The Morgan fingerprint density at radius 2 is 1.68 bits per heavy atom. The fourth-order valence-corrected chi connectivity index (χ4v) is 4.16. The SMILES string of the molecule is CC#CCC(NC(=O)OCC1c2ccccc2-c2ccccc21)C(=O)NCCC(C)CC(=O)O. The van der Waals surface area contributed by atoms with Crippen molar-refractivity contribution in [2.45, 2.75) is 45.1 Å². The van der Waals surface area contributed by atoms with Crippen LogP contribution in [-0.4, -0.2) is 42.3 Å². The Bertz CT molecular complexity index is 1060. The number of carbonyl (C=O) groups excluding carboxylic acids is 2. The molecule has 2 aromatic rings. The monoisotopic (exact) mass is 462 g/mol. The van der Waals surface area contributed by atoms with Crippen molar-refractivity contribution in [2.24, 2.45) is 5.92 Å². The molecule has 2 atom stereocenters. The van der Waals surface area contributed by atoms with E-state index in [0.29, 0.717) is 13.0 Å². The van der Waals surface area contributed by atoms with Crippen molar-refractivity contribution in [2.75, 3.05) is 13.2 Å². The molecule has 0 saturated heterocycles. The number of carbonyl (C=O) groups is 3. The van der Waals surface area contributed by atoms with E-state index in [2.05, 4.69) is 34.6 Å². The van der Waals surface area contributed by atoms with E-state index in [1.165, 1.54) is 0 Å². The maximum absolute atomic E-state index is 12.6. The highest BCUT2D eigenvalue weighted by atomic mass is 16.5. The lowest BCUT2D eigenvalue weighted by molar-refractivity contribution is -0.138. The Labute approximate surface area is 199 Å². The fraction of sp³-hybridized carbons (Fsp3) is 0.370. The number of ether oxygens (including phenoxy) is 1. The maximum Gasteiger partial charge on any atom is 0.407 e. The number of rotatable bonds is 10. The topological polar surface area (TPSA) is 105 Å². The van der Waals surface area contributed by atoms with Crippen LogP contribution in [0.5, 0.6) is 0 Å². The third-order valence-electron chi connectivity index (χ3n) is 5.89. The minimum Gasteiger partial charge on any atom is -0.481 e. The van der Waals surface area contributed by atoms with E-state index in [1.54, 1.807) is 6.92 Å². The van der Waals surface area contributed by atoms with Crippen molar-refractivity contribution in [1.82, 2.24) is 10.6 Å². The first-order chi connectivity index (χ1) is 16.4. The normalized spacial score (nSPS) is 13.5. The van der Waals surface area contributed by atoms with Crippen molar-refractivity contribution in [1.29, 1.82) is 0 Å². The first-order valence-electron chi connectivity index (χ1n) is 11.4. The van der Waals surface area contributed by atoms with Crippen LogP contribution in [0.2, 0.25) is 0 Å². The fourth-order valence-electron chi connectivity index (χ4n) is 4.16. The third kappa shape index (κ3) is 6.38. The number of amides is 2. The van der Waals surface area contributed by atoms with Crippen LogP contribution in [0.15, 0.2) is 48.5 Å². The number of fused-ring (bicyclic) bond motifs is 3. The molecule has 0 spiro atoms. The molecule has 1 aliphatic rings. The average molecular weight is 463 g/mol. The molecular formula is C27H30N2O5. The molecule has 7 nitrogen and oxygen atoms in total. The summed E-state index contributed by atoms with van der Waals surface area (Å²) in [6.45, 7) is 3.95. The summed E-state index contributed by atoms with van der Waals surface area (Å²) in [6.07, 6.45) is 0.0319. The van der Waals surface area contributed by atoms with Gasteiger partial charge in [0.05, 0.1) is 0 Å². The van der Waals surface area contributed by atoms with Gasteiger partial charge >= 0.3 is 12.1 Å². The summed E-state index contributed by atoms with van der Waals surface area (Å²) < 4.78 is 5.54. The van der Waals surface area contributed by atoms with Gasteiger partial charge in [-0.1, -0.05) is 55.5 Å². The van der Waals surface area contributed by atoms with Gasteiger partial charge in [-0.25, -0.2) is 4.79 Å². The van der Waals surface area contributed by atoms with E-state index in [0.717, 1.165) is 22.3 Å². The largest absolute Gasteiger partial charge is 0.481 e. The van der Waals surface area contributed by atoms with Crippen LogP contribution in [0.4, 0.5) is 4.79 Å². The number of carboxylic acids is 1. The summed E-state index contributed by atoms with van der Waals surface area (Å²) in [5.41, 5.74) is 4.50. The van der Waals surface area contributed by atoms with Crippen LogP contribution >= 0.6 is 0 Å². The zero-order chi connectivity index (χ0) is 24.5. The van der Waals surface area contributed by atoms with Gasteiger partial charge in [0.25, 0.3) is 0 Å². The molecule has 0 bridgehead atoms. The van der Waals surface area contributed by atoms with Crippen LogP contribution in [-0.2, 0) is 14.3 Å². The van der Waals surface area contributed by atoms with Crippen LogP contribution in [0, 0.1) is 17.8 Å². The molecule has 0 aromatic heterocycles. The maximum atomic E-state index is 12.6. The lowest BCUT2D eigenvalue weighted by Crippen LogP contribution is -2.47. The van der Waals surface area contributed by atoms with Crippen LogP contribution in [0.1, 0.15) is 50.2 Å². The number of nitrogens with one attached hydrogen (secondary N) is 2. The van der Waals surface area contributed by atoms with Gasteiger partial charge in [-0.3, -0.25) is 9.59 Å². The van der Waals surface area contributed by atoms with Gasteiger partial charge in [-0.05, 0) is 41.5 Å². The quantitative estimate of drug-likeness (QED) is 0.464. The summed E-state index contributed by atoms with van der Waals surface area (Å²) >= 11 is 0. The van der Waals surface area contributed by atoms with Crippen molar-refractivity contribution in [3.05, 3.63) is 59.7 Å². The molecule has 2 aromatic carbocycles. The second kappa shape index (κ2) is 11.9. The molecule has 0 radical (unpaired) electrons. The summed E-state index contributed by atoms with van der Waals surface area (Å²) in [6, 6.07) is 15.3. The number of aliphatic carboxylic acids is 1. The number of benzene rings is 2. The smallest absolute Gasteiger partial charge is 0.407 e. The van der Waals surface area contributed by atoms with Crippen molar-refractivity contribution < 1.29 is 24.2 Å². The second-order valence-electron chi connectivity index (χ2n) is 8.44. The molecule has 3 N–H and O–H groups in total. The van der Waals surface area contributed by atoms with Crippen LogP contribution in [0.25, 0.3) is 11.1 Å². The van der Waals surface area contributed by atoms with E-state index >= 15 is 0 Å². The predicted octanol–water partition coefficient (Wildman–Crippen LogP) is 3.92. The highest BCUT2D eigenvalue weighted by molar-refractivity contribution is 5.86. The molecule has 178 valence electrons. The van der Waals surface area contributed by atoms with E-state index < -0.39 is 18.1 Å². The Morgan fingerprint density at radius 3 is 2.26 bits per heavy atom. The molecule has 0 fully saturated rings. The molecule has 0 heterocycles. The molecule has 34 heavy (non-hydrogen) atoms. The number of hydrogen-bond acceptors (Lipinski definition) is 4. The molecule has 7 heteroatoms. The van der Waals surface area contributed by atoms with Gasteiger partial charge in [0.15, 0.2) is 0 Å². The highest BCUT2D eigenvalue weighted by Gasteiger charge is 2.29. The Hall–Kier alpha value is -3.79. The Morgan fingerprint density at radius 1 is 1.06 bits per heavy atom. The predicted molar refractivity (Wildman–Crippen MR) is 129 cm³/mol. The second-order valence-corrected chi connectivity index (χ2v) is 8.44. The van der Waals surface area contributed by atoms with Gasteiger partial charge in [0.1, 0.15) is 12.6 Å². The molecule has 0 aliphatic heterocycles. The molecular weight excluding hydrogens is 432 g/mol. The van der Waals surface area contributed by atoms with Gasteiger partial charge in [-0.15, -0.1) is 11.8 Å². The molecule has 1 aliphatic carbocycles. The number of alkyl carbamates (subject to hydrolysis) is 1. The first kappa shape index (κ1) is 24.8. The van der Waals surface area contributed by atoms with Crippen LogP contribution in [0.3, 0.4) is 0 Å². The summed E-state index contributed by atoms with van der Waals surface area (Å²) in [5.74, 6) is 4.17. The van der Waals surface area contributed by atoms with Gasteiger partial charge in [0, 0.05) is 25.3 Å². The number of hydrogen-bond donors (Lipinski definition) is 3. The van der Waals surface area contributed by atoms with Gasteiger partial charge in [0.2, 0.25) is 5.91 Å². The number of carboxylic acid groups (broad SMARTS) is 1. The first-order valence-corrected chi connectivity index (χ1v) is 11.4. The van der Waals surface area contributed by atoms with Crippen molar-refractivity contribution >= 4 is 18.0 Å². The molecule has 3 rings (SSSR count). The van der Waals surface area contributed by atoms with Gasteiger partial charge in [-0.2, -0.15) is 0 Å². The zero-order valence-electron chi connectivity index (χ0n) is 19.5. The minimum absolute atomic E-state index is 0.0403. The Balaban J connectivity index is 1.57. The lowest BCUT2D eigenvalue weighted by atomic mass is 9.98. The Kier molecular flexibility index (Phi) is 8.69. The van der Waals surface area contributed by atoms with E-state index in [1.807, 2.05) is 43.3 Å². The lowest BCUT2D eigenvalue weighted by Gasteiger charge is -2.19. The summed E-state index contributed by atoms with van der Waals surface area (Å²) in [4.78, 5) is 36.0. The van der Waals surface area contributed by atoms with Crippen molar-refractivity contribution in [3.63, 3.8) is 0 Å². The zero-order valence-corrected chi connectivity index (χ0v) is 19.5. The van der Waals surface area contributed by atoms with Crippen molar-refractivity contribution in [3.8, 4) is 23.0 Å². The summed E-state index contributed by atoms with van der Waals surface area (Å²) in [7, 11) is 0.